The fourth-order valence-corrected chi connectivity index (χ4v) is 1.94. The second-order valence-corrected chi connectivity index (χ2v) is 5.61. The molecule has 114 valence electrons. The molecule has 0 radical (unpaired) electrons. The second-order valence-electron chi connectivity index (χ2n) is 5.61. The number of nitrogens with two attached hydrogens (primary N) is 1. The van der Waals surface area contributed by atoms with Crippen molar-refractivity contribution in [3.8, 4) is 5.75 Å². The Balaban J connectivity index is 2.13. The number of carbonyl (C=O) groups is 1. The zero-order chi connectivity index (χ0) is 15.5. The summed E-state index contributed by atoms with van der Waals surface area (Å²) in [5, 5.41) is 0. The van der Waals surface area contributed by atoms with E-state index in [-0.39, 0.29) is 12.1 Å². The summed E-state index contributed by atoms with van der Waals surface area (Å²) in [6.07, 6.45) is 1.91. The predicted molar refractivity (Wildman–Crippen MR) is 80.3 cm³/mol. The fraction of sp³-hybridized carbons (Fsp3) is 0.467. The molecule has 0 atom stereocenters. The van der Waals surface area contributed by atoms with Crippen LogP contribution in [-0.2, 0) is 11.3 Å². The van der Waals surface area contributed by atoms with Crippen LogP contribution < -0.4 is 10.5 Å². The van der Waals surface area contributed by atoms with E-state index in [4.69, 9.17) is 15.2 Å². The monoisotopic (exact) mass is 291 g/mol. The van der Waals surface area contributed by atoms with Gasteiger partial charge in [0.1, 0.15) is 5.75 Å². The highest BCUT2D eigenvalue weighted by molar-refractivity contribution is 5.78. The molecule has 0 aliphatic heterocycles. The molecule has 0 amide bonds. The summed E-state index contributed by atoms with van der Waals surface area (Å²) in [4.78, 5) is 15.6. The number of nitrogens with zero attached hydrogens (tertiary/aromatic N) is 2. The number of aromatic nitrogens is 2. The van der Waals surface area contributed by atoms with Gasteiger partial charge < -0.3 is 19.8 Å². The lowest BCUT2D eigenvalue weighted by Gasteiger charge is -2.18. The van der Waals surface area contributed by atoms with Crippen molar-refractivity contribution in [2.45, 2.75) is 39.3 Å². The molecule has 1 aromatic carbocycles. The van der Waals surface area contributed by atoms with Gasteiger partial charge in [0, 0.05) is 18.2 Å². The summed E-state index contributed by atoms with van der Waals surface area (Å²) in [6.45, 7) is 6.79. The van der Waals surface area contributed by atoms with Crippen LogP contribution in [0.1, 0.15) is 27.2 Å². The molecule has 0 bridgehead atoms. The van der Waals surface area contributed by atoms with Crippen molar-refractivity contribution in [1.29, 1.82) is 0 Å². The first kappa shape index (κ1) is 15.3. The van der Waals surface area contributed by atoms with Crippen molar-refractivity contribution in [3.05, 3.63) is 24.5 Å². The van der Waals surface area contributed by atoms with Crippen LogP contribution in [0.25, 0.3) is 11.0 Å². The first-order chi connectivity index (χ1) is 9.89. The topological polar surface area (TPSA) is 79.4 Å². The highest BCUT2D eigenvalue weighted by Crippen LogP contribution is 2.21. The van der Waals surface area contributed by atoms with Gasteiger partial charge in [0.25, 0.3) is 0 Å². The quantitative estimate of drug-likeness (QED) is 0.676. The minimum absolute atomic E-state index is 0.219. The van der Waals surface area contributed by atoms with Crippen LogP contribution in [0, 0.1) is 0 Å². The van der Waals surface area contributed by atoms with E-state index < -0.39 is 6.16 Å². The van der Waals surface area contributed by atoms with Crippen LogP contribution in [-0.4, -0.2) is 27.9 Å². The SMILES string of the molecule is CCOC(=O)Oc1ccc2c(c1)ncn2CCC(C)(C)N. The van der Waals surface area contributed by atoms with Crippen molar-refractivity contribution in [2.24, 2.45) is 5.73 Å². The van der Waals surface area contributed by atoms with Crippen molar-refractivity contribution < 1.29 is 14.3 Å². The number of rotatable bonds is 5. The first-order valence-electron chi connectivity index (χ1n) is 6.97. The van der Waals surface area contributed by atoms with Gasteiger partial charge in [-0.25, -0.2) is 9.78 Å². The lowest BCUT2D eigenvalue weighted by molar-refractivity contribution is 0.104. The van der Waals surface area contributed by atoms with Crippen molar-refractivity contribution >= 4 is 17.2 Å². The maximum Gasteiger partial charge on any atom is 0.513 e. The smallest absolute Gasteiger partial charge is 0.434 e. The molecule has 0 saturated heterocycles. The van der Waals surface area contributed by atoms with Crippen LogP contribution in [0.2, 0.25) is 0 Å². The van der Waals surface area contributed by atoms with E-state index in [1.165, 1.54) is 0 Å². The molecule has 6 heteroatoms. The summed E-state index contributed by atoms with van der Waals surface area (Å²) in [5.41, 5.74) is 7.53. The van der Waals surface area contributed by atoms with Gasteiger partial charge in [0.15, 0.2) is 0 Å². The molecule has 6 nitrogen and oxygen atoms in total. The molecular weight excluding hydrogens is 270 g/mol. The third-order valence-corrected chi connectivity index (χ3v) is 3.05. The Morgan fingerprint density at radius 2 is 2.19 bits per heavy atom. The Bertz CT molecular complexity index is 629. The summed E-state index contributed by atoms with van der Waals surface area (Å²) >= 11 is 0. The molecule has 2 rings (SSSR count). The molecule has 21 heavy (non-hydrogen) atoms. The van der Waals surface area contributed by atoms with E-state index in [9.17, 15) is 4.79 Å². The molecule has 2 aromatic rings. The standard InChI is InChI=1S/C15H21N3O3/c1-4-20-14(19)21-11-5-6-13-12(9-11)17-10-18(13)8-7-15(2,3)16/h5-6,9-10H,4,7-8,16H2,1-3H3. The van der Waals surface area contributed by atoms with Gasteiger partial charge in [-0.15, -0.1) is 0 Å². The van der Waals surface area contributed by atoms with Crippen LogP contribution in [0.5, 0.6) is 5.75 Å². The van der Waals surface area contributed by atoms with Crippen LogP contribution >= 0.6 is 0 Å². The average Bonchev–Trinajstić information content (AvgIpc) is 2.78. The van der Waals surface area contributed by atoms with Crippen molar-refractivity contribution in [1.82, 2.24) is 9.55 Å². The maximum atomic E-state index is 11.3. The first-order valence-corrected chi connectivity index (χ1v) is 6.97. The van der Waals surface area contributed by atoms with Crippen molar-refractivity contribution in [2.75, 3.05) is 6.61 Å². The third-order valence-electron chi connectivity index (χ3n) is 3.05. The summed E-state index contributed by atoms with van der Waals surface area (Å²) in [7, 11) is 0. The highest BCUT2D eigenvalue weighted by atomic mass is 16.7. The maximum absolute atomic E-state index is 11.3. The minimum atomic E-state index is -0.707. The largest absolute Gasteiger partial charge is 0.513 e. The number of imidazole rings is 1. The molecule has 1 aromatic heterocycles. The lowest BCUT2D eigenvalue weighted by atomic mass is 10.0. The van der Waals surface area contributed by atoms with Gasteiger partial charge >= 0.3 is 6.16 Å². The van der Waals surface area contributed by atoms with E-state index >= 15 is 0 Å². The zero-order valence-electron chi connectivity index (χ0n) is 12.6. The molecule has 0 spiro atoms. The van der Waals surface area contributed by atoms with Gasteiger partial charge in [-0.3, -0.25) is 0 Å². The van der Waals surface area contributed by atoms with E-state index in [1.807, 2.05) is 24.5 Å². The molecule has 2 N–H and O–H groups in total. The molecule has 0 unspecified atom stereocenters. The Morgan fingerprint density at radius 3 is 2.86 bits per heavy atom. The van der Waals surface area contributed by atoms with Gasteiger partial charge in [-0.05, 0) is 39.3 Å². The summed E-state index contributed by atoms with van der Waals surface area (Å²) in [5.74, 6) is 0.422. The van der Waals surface area contributed by atoms with Crippen molar-refractivity contribution in [3.63, 3.8) is 0 Å². The molecular formula is C15H21N3O3. The molecule has 1 heterocycles. The minimum Gasteiger partial charge on any atom is -0.434 e. The predicted octanol–water partition coefficient (Wildman–Crippen LogP) is 2.70. The van der Waals surface area contributed by atoms with E-state index in [2.05, 4.69) is 4.98 Å². The lowest BCUT2D eigenvalue weighted by Crippen LogP contribution is -2.33. The number of hydrogen-bond acceptors (Lipinski definition) is 5. The van der Waals surface area contributed by atoms with Crippen LogP contribution in [0.3, 0.4) is 0 Å². The van der Waals surface area contributed by atoms with E-state index in [0.717, 1.165) is 24.0 Å². The Hall–Kier alpha value is -2.08. The Kier molecular flexibility index (Phi) is 4.47. The second kappa shape index (κ2) is 6.13. The van der Waals surface area contributed by atoms with Gasteiger partial charge in [-0.2, -0.15) is 0 Å². The van der Waals surface area contributed by atoms with Gasteiger partial charge in [-0.1, -0.05) is 0 Å². The number of hydrogen-bond donors (Lipinski definition) is 1. The number of benzene rings is 1. The van der Waals surface area contributed by atoms with Gasteiger partial charge in [0.05, 0.1) is 24.0 Å². The molecule has 0 saturated carbocycles. The zero-order valence-corrected chi connectivity index (χ0v) is 12.6. The van der Waals surface area contributed by atoms with Crippen LogP contribution in [0.15, 0.2) is 24.5 Å². The summed E-state index contributed by atoms with van der Waals surface area (Å²) in [6, 6.07) is 5.32. The number of ether oxygens (including phenoxy) is 2. The average molecular weight is 291 g/mol. The summed E-state index contributed by atoms with van der Waals surface area (Å²) < 4.78 is 11.8. The number of carbonyl (C=O) groups excluding carboxylic acids is 1. The molecule has 0 fully saturated rings. The fourth-order valence-electron chi connectivity index (χ4n) is 1.94. The molecule has 0 aliphatic rings. The van der Waals surface area contributed by atoms with E-state index in [0.29, 0.717) is 5.75 Å². The Labute approximate surface area is 123 Å². The van der Waals surface area contributed by atoms with Crippen LogP contribution in [0.4, 0.5) is 4.79 Å². The Morgan fingerprint density at radius 1 is 1.43 bits per heavy atom. The molecule has 0 aliphatic carbocycles. The normalized spacial score (nSPS) is 11.6. The number of aryl methyl sites for hydroxylation is 1. The number of fused-ring (bicyclic) bond motifs is 1. The van der Waals surface area contributed by atoms with E-state index in [1.54, 1.807) is 25.4 Å². The highest BCUT2D eigenvalue weighted by Gasteiger charge is 2.12. The third kappa shape index (κ3) is 4.19. The van der Waals surface area contributed by atoms with Gasteiger partial charge in [0.2, 0.25) is 0 Å².